The lowest BCUT2D eigenvalue weighted by atomic mass is 10.0. The normalized spacial score (nSPS) is 14.8. The standard InChI is InChI=1S/C9H8FNO/c1-3-9(2,12)8-6-7(10)4-5-11-8/h1,4-6,12H,2H3. The smallest absolute Gasteiger partial charge is 0.164 e. The van der Waals surface area contributed by atoms with Gasteiger partial charge in [0, 0.05) is 6.20 Å². The van der Waals surface area contributed by atoms with Crippen LogP contribution in [0.3, 0.4) is 0 Å². The van der Waals surface area contributed by atoms with E-state index in [0.717, 1.165) is 6.07 Å². The van der Waals surface area contributed by atoms with Gasteiger partial charge in [-0.25, -0.2) is 4.39 Å². The van der Waals surface area contributed by atoms with E-state index in [9.17, 15) is 9.50 Å². The Morgan fingerprint density at radius 2 is 2.42 bits per heavy atom. The minimum atomic E-state index is -1.50. The highest BCUT2D eigenvalue weighted by Gasteiger charge is 2.21. The van der Waals surface area contributed by atoms with Crippen LogP contribution in [0.4, 0.5) is 4.39 Å². The molecule has 1 unspecified atom stereocenters. The minimum absolute atomic E-state index is 0.144. The van der Waals surface area contributed by atoms with Crippen LogP contribution >= 0.6 is 0 Å². The summed E-state index contributed by atoms with van der Waals surface area (Å²) in [6, 6.07) is 2.30. The second-order valence-corrected chi connectivity index (χ2v) is 2.58. The quantitative estimate of drug-likeness (QED) is 0.631. The second kappa shape index (κ2) is 2.92. The lowest BCUT2D eigenvalue weighted by Gasteiger charge is -2.14. The predicted octanol–water partition coefficient (Wildman–Crippen LogP) is 1.06. The molecule has 3 heteroatoms. The van der Waals surface area contributed by atoms with E-state index in [1.165, 1.54) is 19.2 Å². The van der Waals surface area contributed by atoms with Crippen molar-refractivity contribution in [3.8, 4) is 12.3 Å². The summed E-state index contributed by atoms with van der Waals surface area (Å²) in [5, 5.41) is 9.45. The van der Waals surface area contributed by atoms with Crippen LogP contribution in [0.15, 0.2) is 18.3 Å². The van der Waals surface area contributed by atoms with Crippen LogP contribution in [0.2, 0.25) is 0 Å². The molecule has 1 aromatic heterocycles. The lowest BCUT2D eigenvalue weighted by molar-refractivity contribution is 0.117. The zero-order valence-electron chi connectivity index (χ0n) is 6.58. The summed E-state index contributed by atoms with van der Waals surface area (Å²) in [5.41, 5.74) is -1.35. The highest BCUT2D eigenvalue weighted by Crippen LogP contribution is 2.16. The molecule has 0 aliphatic carbocycles. The summed E-state index contributed by atoms with van der Waals surface area (Å²) in [7, 11) is 0. The molecular formula is C9H8FNO. The third-order valence-electron chi connectivity index (χ3n) is 1.50. The van der Waals surface area contributed by atoms with Crippen molar-refractivity contribution >= 4 is 0 Å². The fraction of sp³-hybridized carbons (Fsp3) is 0.222. The molecule has 0 saturated carbocycles. The molecule has 1 rings (SSSR count). The molecule has 0 amide bonds. The van der Waals surface area contributed by atoms with Crippen molar-refractivity contribution in [3.63, 3.8) is 0 Å². The van der Waals surface area contributed by atoms with E-state index < -0.39 is 11.4 Å². The fourth-order valence-corrected chi connectivity index (χ4v) is 0.745. The lowest BCUT2D eigenvalue weighted by Crippen LogP contribution is -2.19. The average molecular weight is 165 g/mol. The van der Waals surface area contributed by atoms with E-state index in [1.807, 2.05) is 0 Å². The summed E-state index contributed by atoms with van der Waals surface area (Å²) in [6.45, 7) is 1.38. The molecule has 2 nitrogen and oxygen atoms in total. The van der Waals surface area contributed by atoms with Crippen LogP contribution in [0.25, 0.3) is 0 Å². The van der Waals surface area contributed by atoms with Crippen LogP contribution in [0, 0.1) is 18.2 Å². The highest BCUT2D eigenvalue weighted by molar-refractivity contribution is 5.22. The molecule has 0 fully saturated rings. The van der Waals surface area contributed by atoms with Gasteiger partial charge in [0.25, 0.3) is 0 Å². The van der Waals surface area contributed by atoms with E-state index in [1.54, 1.807) is 0 Å². The molecule has 1 N–H and O–H groups in total. The summed E-state index contributed by atoms with van der Waals surface area (Å²) in [4.78, 5) is 3.75. The Morgan fingerprint density at radius 3 is 2.92 bits per heavy atom. The van der Waals surface area contributed by atoms with E-state index in [2.05, 4.69) is 10.9 Å². The topological polar surface area (TPSA) is 33.1 Å². The molecule has 0 aliphatic rings. The van der Waals surface area contributed by atoms with Gasteiger partial charge >= 0.3 is 0 Å². The number of rotatable bonds is 1. The van der Waals surface area contributed by atoms with Crippen LogP contribution in [-0.4, -0.2) is 10.1 Å². The maximum Gasteiger partial charge on any atom is 0.164 e. The van der Waals surface area contributed by atoms with Gasteiger partial charge in [0.15, 0.2) is 5.60 Å². The number of pyridine rings is 1. The maximum atomic E-state index is 12.6. The largest absolute Gasteiger partial charge is 0.372 e. The van der Waals surface area contributed by atoms with E-state index in [0.29, 0.717) is 0 Å². The van der Waals surface area contributed by atoms with Crippen molar-refractivity contribution in [1.29, 1.82) is 0 Å². The third-order valence-corrected chi connectivity index (χ3v) is 1.50. The van der Waals surface area contributed by atoms with Crippen molar-refractivity contribution in [2.45, 2.75) is 12.5 Å². The molecule has 12 heavy (non-hydrogen) atoms. The van der Waals surface area contributed by atoms with Gasteiger partial charge in [-0.05, 0) is 19.1 Å². The van der Waals surface area contributed by atoms with Crippen molar-refractivity contribution in [1.82, 2.24) is 4.98 Å². The van der Waals surface area contributed by atoms with Crippen molar-refractivity contribution in [3.05, 3.63) is 29.8 Å². The van der Waals surface area contributed by atoms with Crippen LogP contribution in [0.5, 0.6) is 0 Å². The minimum Gasteiger partial charge on any atom is -0.372 e. The number of nitrogens with zero attached hydrogens (tertiary/aromatic N) is 1. The number of hydrogen-bond acceptors (Lipinski definition) is 2. The first kappa shape index (κ1) is 8.69. The number of aliphatic hydroxyl groups is 1. The molecule has 0 aliphatic heterocycles. The number of hydrogen-bond donors (Lipinski definition) is 1. The highest BCUT2D eigenvalue weighted by atomic mass is 19.1. The first-order valence-corrected chi connectivity index (χ1v) is 3.38. The SMILES string of the molecule is C#CC(C)(O)c1cc(F)ccn1. The Morgan fingerprint density at radius 1 is 1.75 bits per heavy atom. The van der Waals surface area contributed by atoms with Gasteiger partial charge in [-0.2, -0.15) is 0 Å². The molecule has 0 radical (unpaired) electrons. The van der Waals surface area contributed by atoms with E-state index >= 15 is 0 Å². The Hall–Kier alpha value is -1.40. The van der Waals surface area contributed by atoms with Gasteiger partial charge in [0.1, 0.15) is 5.82 Å². The second-order valence-electron chi connectivity index (χ2n) is 2.58. The van der Waals surface area contributed by atoms with Crippen LogP contribution in [-0.2, 0) is 5.60 Å². The first-order chi connectivity index (χ1) is 5.56. The molecule has 62 valence electrons. The molecule has 0 bridgehead atoms. The van der Waals surface area contributed by atoms with Crippen molar-refractivity contribution in [2.75, 3.05) is 0 Å². The Kier molecular flexibility index (Phi) is 2.11. The summed E-state index contributed by atoms with van der Waals surface area (Å²) in [5.74, 6) is 1.65. The van der Waals surface area contributed by atoms with Gasteiger partial charge in [-0.1, -0.05) is 5.92 Å². The Bertz CT molecular complexity index is 328. The fourth-order valence-electron chi connectivity index (χ4n) is 0.745. The molecule has 1 atom stereocenters. The third kappa shape index (κ3) is 1.60. The number of aromatic nitrogens is 1. The molecule has 0 saturated heterocycles. The summed E-state index contributed by atoms with van der Waals surface area (Å²) in [6.07, 6.45) is 6.29. The van der Waals surface area contributed by atoms with Gasteiger partial charge < -0.3 is 5.11 Å². The van der Waals surface area contributed by atoms with Crippen molar-refractivity contribution < 1.29 is 9.50 Å². The zero-order chi connectivity index (χ0) is 9.19. The Labute approximate surface area is 70.1 Å². The van der Waals surface area contributed by atoms with Gasteiger partial charge in [-0.15, -0.1) is 6.42 Å². The van der Waals surface area contributed by atoms with Gasteiger partial charge in [0.2, 0.25) is 0 Å². The Balaban J connectivity index is 3.14. The molecular weight excluding hydrogens is 157 g/mol. The average Bonchev–Trinajstić information content (AvgIpc) is 2.05. The maximum absolute atomic E-state index is 12.6. The van der Waals surface area contributed by atoms with E-state index in [4.69, 9.17) is 6.42 Å². The monoisotopic (exact) mass is 165 g/mol. The molecule has 0 spiro atoms. The van der Waals surface area contributed by atoms with Gasteiger partial charge in [0.05, 0.1) is 5.69 Å². The number of halogens is 1. The van der Waals surface area contributed by atoms with Crippen LogP contribution < -0.4 is 0 Å². The number of terminal acetylenes is 1. The van der Waals surface area contributed by atoms with E-state index in [-0.39, 0.29) is 5.69 Å². The van der Waals surface area contributed by atoms with Crippen molar-refractivity contribution in [2.24, 2.45) is 0 Å². The predicted molar refractivity (Wildman–Crippen MR) is 42.6 cm³/mol. The first-order valence-electron chi connectivity index (χ1n) is 3.38. The van der Waals surface area contributed by atoms with Gasteiger partial charge in [-0.3, -0.25) is 4.98 Å². The molecule has 1 aromatic rings. The zero-order valence-corrected chi connectivity index (χ0v) is 6.58. The summed E-state index contributed by atoms with van der Waals surface area (Å²) >= 11 is 0. The molecule has 0 aromatic carbocycles. The molecule has 1 heterocycles. The summed E-state index contributed by atoms with van der Waals surface area (Å²) < 4.78 is 12.6. The van der Waals surface area contributed by atoms with Crippen LogP contribution in [0.1, 0.15) is 12.6 Å².